The Bertz CT molecular complexity index is 1260. The van der Waals surface area contributed by atoms with E-state index in [0.29, 0.717) is 30.7 Å². The first-order valence-electron chi connectivity index (χ1n) is 9.67. The predicted molar refractivity (Wildman–Crippen MR) is 118 cm³/mol. The van der Waals surface area contributed by atoms with E-state index in [1.807, 2.05) is 42.5 Å². The average molecular weight is 409 g/mol. The van der Waals surface area contributed by atoms with Gasteiger partial charge in [-0.3, -0.25) is 0 Å². The topological polar surface area (TPSA) is 90.9 Å². The Kier molecular flexibility index (Phi) is 5.24. The number of aromatic nitrogens is 3. The molecule has 0 fully saturated rings. The molecule has 0 aliphatic heterocycles. The van der Waals surface area contributed by atoms with E-state index in [1.165, 1.54) is 6.26 Å². The van der Waals surface area contributed by atoms with Crippen molar-refractivity contribution in [1.82, 2.24) is 14.5 Å². The summed E-state index contributed by atoms with van der Waals surface area (Å²) in [6.07, 6.45) is 3.31. The predicted octanol–water partition coefficient (Wildman–Crippen LogP) is 3.58. The van der Waals surface area contributed by atoms with Gasteiger partial charge in [0.1, 0.15) is 21.2 Å². The van der Waals surface area contributed by atoms with E-state index in [9.17, 15) is 8.42 Å². The van der Waals surface area contributed by atoms with Gasteiger partial charge in [-0.05, 0) is 24.5 Å². The lowest BCUT2D eigenvalue weighted by Crippen LogP contribution is -2.08. The maximum absolute atomic E-state index is 11.5. The van der Waals surface area contributed by atoms with E-state index in [1.54, 1.807) is 0 Å². The molecule has 6 nitrogen and oxygen atoms in total. The van der Waals surface area contributed by atoms with Gasteiger partial charge >= 0.3 is 0 Å². The third-order valence-electron chi connectivity index (χ3n) is 5.04. The van der Waals surface area contributed by atoms with Crippen LogP contribution in [0.15, 0.2) is 54.6 Å². The smallest absolute Gasteiger partial charge is 0.152 e. The van der Waals surface area contributed by atoms with Crippen LogP contribution in [-0.2, 0) is 22.8 Å². The number of imidazole rings is 1. The number of aryl methyl sites for hydroxylation is 1. The molecule has 0 bridgehead atoms. The summed E-state index contributed by atoms with van der Waals surface area (Å²) < 4.78 is 25.2. The molecule has 0 unspecified atom stereocenters. The summed E-state index contributed by atoms with van der Waals surface area (Å²) in [4.78, 5) is 9.36. The summed E-state index contributed by atoms with van der Waals surface area (Å²) in [6.45, 7) is 0.682. The molecule has 4 aromatic rings. The van der Waals surface area contributed by atoms with Crippen LogP contribution in [-0.4, -0.2) is 35.0 Å². The molecule has 0 aliphatic carbocycles. The molecule has 2 N–H and O–H groups in total. The van der Waals surface area contributed by atoms with Crippen LogP contribution < -0.4 is 5.73 Å². The van der Waals surface area contributed by atoms with E-state index in [0.717, 1.165) is 34.2 Å². The zero-order chi connectivity index (χ0) is 20.4. The van der Waals surface area contributed by atoms with Gasteiger partial charge in [-0.2, -0.15) is 0 Å². The maximum Gasteiger partial charge on any atom is 0.152 e. The fourth-order valence-electron chi connectivity index (χ4n) is 3.69. The number of hydrogen-bond donors (Lipinski definition) is 1. The normalized spacial score (nSPS) is 12.0. The van der Waals surface area contributed by atoms with Crippen molar-refractivity contribution >= 4 is 37.6 Å². The number of benzene rings is 2. The van der Waals surface area contributed by atoms with Crippen LogP contribution >= 0.6 is 0 Å². The highest BCUT2D eigenvalue weighted by Crippen LogP contribution is 2.30. The first kappa shape index (κ1) is 19.4. The molecule has 0 spiro atoms. The number of fused-ring (bicyclic) bond motifs is 3. The molecule has 0 amide bonds. The molecule has 0 radical (unpaired) electrons. The van der Waals surface area contributed by atoms with Crippen molar-refractivity contribution in [3.05, 3.63) is 66.0 Å². The Morgan fingerprint density at radius 1 is 0.966 bits per heavy atom. The third-order valence-corrected chi connectivity index (χ3v) is 6.07. The van der Waals surface area contributed by atoms with Gasteiger partial charge < -0.3 is 10.3 Å². The standard InChI is InChI=1S/C22H24N4O2S/c1-29(27,28)14-8-7-13-26-19(15-16-9-3-2-4-10-16)25-20-21(26)17-11-5-6-12-18(17)24-22(20)23/h2-6,9-12H,7-8,13-15H2,1H3,(H2,23,24). The Labute approximate surface area is 170 Å². The Hall–Kier alpha value is -2.93. The molecule has 4 rings (SSSR count). The number of sulfone groups is 1. The minimum atomic E-state index is -2.96. The molecule has 0 saturated heterocycles. The highest BCUT2D eigenvalue weighted by Gasteiger charge is 2.17. The molecule has 0 aliphatic rings. The van der Waals surface area contributed by atoms with Gasteiger partial charge in [0.05, 0.1) is 11.0 Å². The summed E-state index contributed by atoms with van der Waals surface area (Å²) >= 11 is 0. The zero-order valence-electron chi connectivity index (χ0n) is 16.4. The van der Waals surface area contributed by atoms with Gasteiger partial charge in [0.15, 0.2) is 5.82 Å². The second kappa shape index (κ2) is 7.83. The summed E-state index contributed by atoms with van der Waals surface area (Å²) in [5, 5.41) is 1.01. The Morgan fingerprint density at radius 2 is 1.69 bits per heavy atom. The van der Waals surface area contributed by atoms with Crippen molar-refractivity contribution in [1.29, 1.82) is 0 Å². The van der Waals surface area contributed by atoms with Crippen molar-refractivity contribution < 1.29 is 8.42 Å². The summed E-state index contributed by atoms with van der Waals surface area (Å²) in [6, 6.07) is 18.1. The molecular formula is C22H24N4O2S. The van der Waals surface area contributed by atoms with Crippen molar-refractivity contribution in [2.24, 2.45) is 0 Å². The molecule has 0 saturated carbocycles. The molecule has 2 aromatic heterocycles. The molecule has 0 atom stereocenters. The summed E-state index contributed by atoms with van der Waals surface area (Å²) in [5.41, 5.74) is 9.92. The second-order valence-electron chi connectivity index (χ2n) is 7.39. The summed E-state index contributed by atoms with van der Waals surface area (Å²) in [7, 11) is -2.96. The number of hydrogen-bond acceptors (Lipinski definition) is 5. The molecule has 29 heavy (non-hydrogen) atoms. The highest BCUT2D eigenvalue weighted by molar-refractivity contribution is 7.90. The van der Waals surface area contributed by atoms with Crippen LogP contribution in [0.2, 0.25) is 0 Å². The molecule has 2 heterocycles. The van der Waals surface area contributed by atoms with E-state index in [-0.39, 0.29) is 5.75 Å². The summed E-state index contributed by atoms with van der Waals surface area (Å²) in [5.74, 6) is 1.52. The van der Waals surface area contributed by atoms with Gasteiger partial charge in [0.2, 0.25) is 0 Å². The van der Waals surface area contributed by atoms with E-state index < -0.39 is 9.84 Å². The van der Waals surface area contributed by atoms with Crippen LogP contribution in [0.3, 0.4) is 0 Å². The third kappa shape index (κ3) is 4.24. The maximum atomic E-state index is 11.5. The van der Waals surface area contributed by atoms with E-state index in [2.05, 4.69) is 21.7 Å². The molecule has 150 valence electrons. The number of pyridine rings is 1. The van der Waals surface area contributed by atoms with Gasteiger partial charge in [0, 0.05) is 30.4 Å². The lowest BCUT2D eigenvalue weighted by molar-refractivity contribution is 0.587. The van der Waals surface area contributed by atoms with Gasteiger partial charge in [-0.25, -0.2) is 18.4 Å². The highest BCUT2D eigenvalue weighted by atomic mass is 32.2. The first-order valence-corrected chi connectivity index (χ1v) is 11.7. The SMILES string of the molecule is CS(=O)(=O)CCCCn1c(Cc2ccccc2)nc2c(N)nc3ccccc3c21. The Morgan fingerprint density at radius 3 is 2.45 bits per heavy atom. The van der Waals surface area contributed by atoms with Gasteiger partial charge in [-0.1, -0.05) is 48.5 Å². The fourth-order valence-corrected chi connectivity index (χ4v) is 4.42. The number of rotatable bonds is 7. The van der Waals surface area contributed by atoms with Crippen LogP contribution in [0.5, 0.6) is 0 Å². The zero-order valence-corrected chi connectivity index (χ0v) is 17.2. The van der Waals surface area contributed by atoms with Crippen molar-refractivity contribution in [2.75, 3.05) is 17.7 Å². The molecule has 2 aromatic carbocycles. The average Bonchev–Trinajstić information content (AvgIpc) is 3.04. The molecular weight excluding hydrogens is 384 g/mol. The van der Waals surface area contributed by atoms with Crippen molar-refractivity contribution in [3.8, 4) is 0 Å². The number of para-hydroxylation sites is 1. The monoisotopic (exact) mass is 408 g/mol. The lowest BCUT2D eigenvalue weighted by atomic mass is 10.1. The molecule has 7 heteroatoms. The number of unbranched alkanes of at least 4 members (excludes halogenated alkanes) is 1. The van der Waals surface area contributed by atoms with Crippen LogP contribution in [0, 0.1) is 0 Å². The van der Waals surface area contributed by atoms with Crippen molar-refractivity contribution in [3.63, 3.8) is 0 Å². The number of nitrogens with zero attached hydrogens (tertiary/aromatic N) is 3. The minimum absolute atomic E-state index is 0.193. The number of nitrogens with two attached hydrogens (primary N) is 1. The van der Waals surface area contributed by atoms with Crippen LogP contribution in [0.1, 0.15) is 24.2 Å². The lowest BCUT2D eigenvalue weighted by Gasteiger charge is -2.11. The van der Waals surface area contributed by atoms with Crippen molar-refractivity contribution in [2.45, 2.75) is 25.8 Å². The van der Waals surface area contributed by atoms with Gasteiger partial charge in [0.25, 0.3) is 0 Å². The van der Waals surface area contributed by atoms with Gasteiger partial charge in [-0.15, -0.1) is 0 Å². The Balaban J connectivity index is 1.80. The van der Waals surface area contributed by atoms with Crippen LogP contribution in [0.4, 0.5) is 5.82 Å². The van der Waals surface area contributed by atoms with E-state index in [4.69, 9.17) is 10.7 Å². The van der Waals surface area contributed by atoms with E-state index >= 15 is 0 Å². The number of anilines is 1. The first-order chi connectivity index (χ1) is 13.9. The minimum Gasteiger partial charge on any atom is -0.382 e. The van der Waals surface area contributed by atoms with Crippen LogP contribution in [0.25, 0.3) is 21.9 Å². The number of nitrogen functional groups attached to an aromatic ring is 1. The fraction of sp³-hybridized carbons (Fsp3) is 0.273. The second-order valence-corrected chi connectivity index (χ2v) is 9.65. The quantitative estimate of drug-likeness (QED) is 0.472. The largest absolute Gasteiger partial charge is 0.382 e.